The van der Waals surface area contributed by atoms with Gasteiger partial charge in [-0.25, -0.2) is 4.98 Å². The van der Waals surface area contributed by atoms with E-state index < -0.39 is 0 Å². The molecule has 0 radical (unpaired) electrons. The summed E-state index contributed by atoms with van der Waals surface area (Å²) in [5.41, 5.74) is 1.09. The van der Waals surface area contributed by atoms with Crippen LogP contribution in [0, 0.1) is 0 Å². The first-order valence-electron chi connectivity index (χ1n) is 7.22. The van der Waals surface area contributed by atoms with E-state index in [0.717, 1.165) is 30.3 Å². The monoisotopic (exact) mass is 298 g/mol. The third-order valence-corrected chi connectivity index (χ3v) is 4.98. The minimum Gasteiger partial charge on any atom is -0.383 e. The Balaban J connectivity index is 2.25. The smallest absolute Gasteiger partial charge is 0.116 e. The van der Waals surface area contributed by atoms with Gasteiger partial charge in [0.25, 0.3) is 0 Å². The van der Waals surface area contributed by atoms with Gasteiger partial charge in [0.2, 0.25) is 0 Å². The maximum Gasteiger partial charge on any atom is 0.116 e. The van der Waals surface area contributed by atoms with Crippen molar-refractivity contribution in [2.45, 2.75) is 51.2 Å². The zero-order valence-electron chi connectivity index (χ0n) is 13.2. The van der Waals surface area contributed by atoms with Crippen LogP contribution in [0.1, 0.15) is 44.8 Å². The molecule has 1 aliphatic heterocycles. The van der Waals surface area contributed by atoms with Crippen molar-refractivity contribution in [1.82, 2.24) is 10.3 Å². The lowest BCUT2D eigenvalue weighted by atomic mass is 9.91. The Labute approximate surface area is 125 Å². The maximum absolute atomic E-state index is 5.81. The van der Waals surface area contributed by atoms with E-state index in [4.69, 9.17) is 14.5 Å². The molecule has 20 heavy (non-hydrogen) atoms. The molecule has 0 bridgehead atoms. The second-order valence-electron chi connectivity index (χ2n) is 6.44. The largest absolute Gasteiger partial charge is 0.383 e. The maximum atomic E-state index is 5.81. The highest BCUT2D eigenvalue weighted by molar-refractivity contribution is 7.09. The van der Waals surface area contributed by atoms with Crippen LogP contribution in [-0.4, -0.2) is 38.0 Å². The molecule has 5 heteroatoms. The first kappa shape index (κ1) is 15.9. The Morgan fingerprint density at radius 2 is 2.30 bits per heavy atom. The molecule has 1 aromatic heterocycles. The molecule has 0 amide bonds. The van der Waals surface area contributed by atoms with Gasteiger partial charge in [-0.3, -0.25) is 0 Å². The lowest BCUT2D eigenvalue weighted by Crippen LogP contribution is -2.48. The van der Waals surface area contributed by atoms with Crippen LogP contribution in [0.3, 0.4) is 0 Å². The van der Waals surface area contributed by atoms with E-state index in [1.807, 2.05) is 0 Å². The van der Waals surface area contributed by atoms with Crippen molar-refractivity contribution in [1.29, 1.82) is 0 Å². The standard InChI is InChI=1S/C15H26N2O2S/c1-11-15(6-8-19-11,16-7-9-18-5)13-17-12(10-20-13)14(2,3)4/h10-11,16H,6-9H2,1-5H3. The fourth-order valence-corrected chi connectivity index (χ4v) is 3.86. The van der Waals surface area contributed by atoms with Gasteiger partial charge < -0.3 is 14.8 Å². The van der Waals surface area contributed by atoms with Crippen LogP contribution >= 0.6 is 11.3 Å². The first-order chi connectivity index (χ1) is 9.40. The molecule has 0 aliphatic carbocycles. The van der Waals surface area contributed by atoms with Gasteiger partial charge in [0.1, 0.15) is 5.01 Å². The fraction of sp³-hybridized carbons (Fsp3) is 0.800. The van der Waals surface area contributed by atoms with E-state index in [1.165, 1.54) is 0 Å². The van der Waals surface area contributed by atoms with Gasteiger partial charge >= 0.3 is 0 Å². The minimum absolute atomic E-state index is 0.0885. The van der Waals surface area contributed by atoms with Crippen LogP contribution in [0.2, 0.25) is 0 Å². The molecule has 2 heterocycles. The molecular formula is C15H26N2O2S. The number of aromatic nitrogens is 1. The van der Waals surface area contributed by atoms with E-state index in [1.54, 1.807) is 18.4 Å². The van der Waals surface area contributed by atoms with E-state index in [-0.39, 0.29) is 17.1 Å². The topological polar surface area (TPSA) is 43.4 Å². The lowest BCUT2D eigenvalue weighted by Gasteiger charge is -2.31. The molecule has 1 N–H and O–H groups in total. The normalized spacial score (nSPS) is 27.1. The number of nitrogens with zero attached hydrogens (tertiary/aromatic N) is 1. The number of hydrogen-bond donors (Lipinski definition) is 1. The average Bonchev–Trinajstić information content (AvgIpc) is 2.97. The number of ether oxygens (including phenoxy) is 2. The summed E-state index contributed by atoms with van der Waals surface area (Å²) in [5.74, 6) is 0. The Kier molecular flexibility index (Phi) is 4.84. The summed E-state index contributed by atoms with van der Waals surface area (Å²) in [5, 5.41) is 6.95. The molecule has 0 saturated carbocycles. The molecule has 4 nitrogen and oxygen atoms in total. The van der Waals surface area contributed by atoms with Gasteiger partial charge in [-0.15, -0.1) is 11.3 Å². The molecule has 2 unspecified atom stereocenters. The Morgan fingerprint density at radius 3 is 2.80 bits per heavy atom. The molecule has 2 atom stereocenters. The minimum atomic E-state index is -0.160. The summed E-state index contributed by atoms with van der Waals surface area (Å²) in [4.78, 5) is 4.90. The summed E-state index contributed by atoms with van der Waals surface area (Å²) in [6.45, 7) is 11.0. The van der Waals surface area contributed by atoms with E-state index in [2.05, 4.69) is 38.4 Å². The molecule has 0 spiro atoms. The second kappa shape index (κ2) is 6.10. The van der Waals surface area contributed by atoms with Crippen LogP contribution in [0.5, 0.6) is 0 Å². The summed E-state index contributed by atoms with van der Waals surface area (Å²) in [6.07, 6.45) is 1.10. The summed E-state index contributed by atoms with van der Waals surface area (Å²) in [7, 11) is 1.73. The van der Waals surface area contributed by atoms with Gasteiger partial charge in [-0.2, -0.15) is 0 Å². The van der Waals surface area contributed by atoms with Gasteiger partial charge in [0, 0.05) is 31.1 Å². The van der Waals surface area contributed by atoms with Crippen molar-refractivity contribution in [3.63, 3.8) is 0 Å². The second-order valence-corrected chi connectivity index (χ2v) is 7.30. The zero-order chi connectivity index (χ0) is 14.8. The van der Waals surface area contributed by atoms with Gasteiger partial charge in [-0.1, -0.05) is 20.8 Å². The highest BCUT2D eigenvalue weighted by atomic mass is 32.1. The number of nitrogens with one attached hydrogen (secondary N) is 1. The fourth-order valence-electron chi connectivity index (χ4n) is 2.53. The van der Waals surface area contributed by atoms with Gasteiger partial charge in [0.05, 0.1) is 23.9 Å². The van der Waals surface area contributed by atoms with Crippen molar-refractivity contribution in [3.05, 3.63) is 16.1 Å². The summed E-state index contributed by atoms with van der Waals surface area (Å²) in [6, 6.07) is 0. The van der Waals surface area contributed by atoms with Gasteiger partial charge in [0.15, 0.2) is 0 Å². The molecule has 1 fully saturated rings. The predicted molar refractivity (Wildman–Crippen MR) is 82.4 cm³/mol. The van der Waals surface area contributed by atoms with Crippen LogP contribution in [-0.2, 0) is 20.4 Å². The molecule has 2 rings (SSSR count). The highest BCUT2D eigenvalue weighted by Gasteiger charge is 2.45. The van der Waals surface area contributed by atoms with Crippen molar-refractivity contribution in [3.8, 4) is 0 Å². The molecule has 1 aromatic rings. The Bertz CT molecular complexity index is 441. The van der Waals surface area contributed by atoms with Crippen molar-refractivity contribution < 1.29 is 9.47 Å². The number of thiazole rings is 1. The average molecular weight is 298 g/mol. The SMILES string of the molecule is COCCNC1(c2nc(C(C)(C)C)cs2)CCOC1C. The third kappa shape index (κ3) is 3.06. The lowest BCUT2D eigenvalue weighted by molar-refractivity contribution is 0.0775. The number of rotatable bonds is 5. The van der Waals surface area contributed by atoms with Crippen molar-refractivity contribution >= 4 is 11.3 Å². The van der Waals surface area contributed by atoms with Crippen LogP contribution in [0.25, 0.3) is 0 Å². The van der Waals surface area contributed by atoms with E-state index >= 15 is 0 Å². The van der Waals surface area contributed by atoms with E-state index in [0.29, 0.717) is 6.61 Å². The highest BCUT2D eigenvalue weighted by Crippen LogP contribution is 2.39. The zero-order valence-corrected chi connectivity index (χ0v) is 14.0. The quantitative estimate of drug-likeness (QED) is 0.849. The van der Waals surface area contributed by atoms with Crippen molar-refractivity contribution in [2.75, 3.05) is 26.9 Å². The Morgan fingerprint density at radius 1 is 1.55 bits per heavy atom. The predicted octanol–water partition coefficient (Wildman–Crippen LogP) is 2.68. The molecule has 0 aromatic carbocycles. The van der Waals surface area contributed by atoms with Crippen LogP contribution in [0.4, 0.5) is 0 Å². The summed E-state index contributed by atoms with van der Waals surface area (Å²) >= 11 is 1.74. The molecular weight excluding hydrogens is 272 g/mol. The van der Waals surface area contributed by atoms with Gasteiger partial charge in [-0.05, 0) is 13.3 Å². The molecule has 114 valence electrons. The first-order valence-corrected chi connectivity index (χ1v) is 8.10. The number of hydrogen-bond acceptors (Lipinski definition) is 5. The van der Waals surface area contributed by atoms with Crippen molar-refractivity contribution in [2.24, 2.45) is 0 Å². The van der Waals surface area contributed by atoms with Crippen LogP contribution in [0.15, 0.2) is 5.38 Å². The van der Waals surface area contributed by atoms with E-state index in [9.17, 15) is 0 Å². The molecule has 1 aliphatic rings. The summed E-state index contributed by atoms with van der Waals surface area (Å²) < 4.78 is 11.0. The van der Waals surface area contributed by atoms with Crippen LogP contribution < -0.4 is 5.32 Å². The Hall–Kier alpha value is -0.490. The molecule has 1 saturated heterocycles. The number of methoxy groups -OCH3 is 1. The third-order valence-electron chi connectivity index (χ3n) is 3.96.